The number of nitrogens with zero attached hydrogens (tertiary/aromatic N) is 2. The lowest BCUT2D eigenvalue weighted by Gasteiger charge is -2.16. The van der Waals surface area contributed by atoms with Crippen molar-refractivity contribution < 1.29 is 19.1 Å². The molecular formula is C10H14N2O4. The highest BCUT2D eigenvalue weighted by Gasteiger charge is 2.22. The van der Waals surface area contributed by atoms with Crippen LogP contribution in [-0.4, -0.2) is 44.3 Å². The van der Waals surface area contributed by atoms with E-state index in [1.54, 1.807) is 6.07 Å². The van der Waals surface area contributed by atoms with Crippen molar-refractivity contribution in [3.8, 4) is 11.6 Å². The molecule has 1 aromatic rings. The highest BCUT2D eigenvalue weighted by atomic mass is 16.7. The number of hydroxylamine groups is 2. The minimum Gasteiger partial charge on any atom is -0.496 e. The lowest BCUT2D eigenvalue weighted by molar-refractivity contribution is -0.0760. The maximum absolute atomic E-state index is 11.9. The van der Waals surface area contributed by atoms with Gasteiger partial charge in [-0.15, -0.1) is 0 Å². The summed E-state index contributed by atoms with van der Waals surface area (Å²) in [5.74, 6) is 0.207. The van der Waals surface area contributed by atoms with E-state index in [2.05, 4.69) is 4.98 Å². The number of amides is 1. The zero-order chi connectivity index (χ0) is 12.1. The molecular weight excluding hydrogens is 212 g/mol. The first-order valence-electron chi connectivity index (χ1n) is 4.54. The SMILES string of the molecule is COc1ccnc(OC)c1C(=O)N(C)OC. The van der Waals surface area contributed by atoms with Gasteiger partial charge in [0.15, 0.2) is 0 Å². The molecule has 0 bridgehead atoms. The predicted octanol–water partition coefficient (Wildman–Crippen LogP) is 0.732. The molecule has 0 aromatic carbocycles. The molecule has 0 aliphatic rings. The molecule has 88 valence electrons. The number of hydrogen-bond acceptors (Lipinski definition) is 5. The van der Waals surface area contributed by atoms with Crippen LogP contribution >= 0.6 is 0 Å². The van der Waals surface area contributed by atoms with Crippen LogP contribution in [0.3, 0.4) is 0 Å². The molecule has 1 heterocycles. The standard InChI is InChI=1S/C10H14N2O4/c1-12(16-4)10(13)8-7(14-2)5-6-11-9(8)15-3/h5-6H,1-4H3. The van der Waals surface area contributed by atoms with Crippen molar-refractivity contribution >= 4 is 5.91 Å². The predicted molar refractivity (Wildman–Crippen MR) is 56.4 cm³/mol. The van der Waals surface area contributed by atoms with Crippen molar-refractivity contribution in [3.05, 3.63) is 17.8 Å². The van der Waals surface area contributed by atoms with Crippen LogP contribution in [0.25, 0.3) is 0 Å². The summed E-state index contributed by atoms with van der Waals surface area (Å²) in [7, 11) is 5.80. The summed E-state index contributed by atoms with van der Waals surface area (Å²) in [5, 5.41) is 1.07. The van der Waals surface area contributed by atoms with Crippen molar-refractivity contribution in [1.29, 1.82) is 0 Å². The van der Waals surface area contributed by atoms with Crippen LogP contribution in [0.15, 0.2) is 12.3 Å². The van der Waals surface area contributed by atoms with E-state index < -0.39 is 0 Å². The summed E-state index contributed by atoms with van der Waals surface area (Å²) >= 11 is 0. The smallest absolute Gasteiger partial charge is 0.286 e. The zero-order valence-corrected chi connectivity index (χ0v) is 9.68. The fraction of sp³-hybridized carbons (Fsp3) is 0.400. The van der Waals surface area contributed by atoms with E-state index in [9.17, 15) is 4.79 Å². The van der Waals surface area contributed by atoms with Crippen LogP contribution in [0, 0.1) is 0 Å². The molecule has 0 unspecified atom stereocenters. The van der Waals surface area contributed by atoms with Crippen LogP contribution in [0.1, 0.15) is 10.4 Å². The van der Waals surface area contributed by atoms with Gasteiger partial charge in [0.2, 0.25) is 5.88 Å². The van der Waals surface area contributed by atoms with Gasteiger partial charge < -0.3 is 9.47 Å². The maximum atomic E-state index is 11.9. The van der Waals surface area contributed by atoms with Gasteiger partial charge in [-0.25, -0.2) is 10.0 Å². The molecule has 16 heavy (non-hydrogen) atoms. The average Bonchev–Trinajstić information content (AvgIpc) is 2.35. The van der Waals surface area contributed by atoms with E-state index in [0.29, 0.717) is 5.75 Å². The van der Waals surface area contributed by atoms with Crippen molar-refractivity contribution in [2.45, 2.75) is 0 Å². The molecule has 6 nitrogen and oxygen atoms in total. The molecule has 0 atom stereocenters. The number of pyridine rings is 1. The summed E-state index contributed by atoms with van der Waals surface area (Å²) in [4.78, 5) is 20.7. The minimum atomic E-state index is -0.385. The average molecular weight is 226 g/mol. The third-order valence-corrected chi connectivity index (χ3v) is 2.06. The minimum absolute atomic E-state index is 0.202. The third-order valence-electron chi connectivity index (χ3n) is 2.06. The van der Waals surface area contributed by atoms with Gasteiger partial charge in [0.25, 0.3) is 5.91 Å². The number of methoxy groups -OCH3 is 2. The summed E-state index contributed by atoms with van der Waals surface area (Å²) in [6.07, 6.45) is 1.50. The van der Waals surface area contributed by atoms with Crippen LogP contribution < -0.4 is 9.47 Å². The number of carbonyl (C=O) groups excluding carboxylic acids is 1. The van der Waals surface area contributed by atoms with Gasteiger partial charge in [0.05, 0.1) is 21.3 Å². The number of carbonyl (C=O) groups is 1. The van der Waals surface area contributed by atoms with Gasteiger partial charge in [-0.3, -0.25) is 9.63 Å². The first-order valence-corrected chi connectivity index (χ1v) is 4.54. The Balaban J connectivity index is 3.23. The van der Waals surface area contributed by atoms with Crippen molar-refractivity contribution in [2.75, 3.05) is 28.4 Å². The topological polar surface area (TPSA) is 60.9 Å². The Morgan fingerprint density at radius 2 is 2.00 bits per heavy atom. The quantitative estimate of drug-likeness (QED) is 0.708. The molecule has 0 saturated heterocycles. The Bertz CT molecular complexity index is 359. The Hall–Kier alpha value is -1.82. The molecule has 0 saturated carbocycles. The van der Waals surface area contributed by atoms with Crippen LogP contribution in [0.5, 0.6) is 11.6 Å². The lowest BCUT2D eigenvalue weighted by atomic mass is 10.2. The maximum Gasteiger partial charge on any atom is 0.286 e. The number of ether oxygens (including phenoxy) is 2. The Labute approximate surface area is 93.7 Å². The molecule has 6 heteroatoms. The number of rotatable bonds is 4. The molecule has 1 amide bonds. The fourth-order valence-corrected chi connectivity index (χ4v) is 1.19. The van der Waals surface area contributed by atoms with Crippen molar-refractivity contribution in [2.24, 2.45) is 0 Å². The summed E-state index contributed by atoms with van der Waals surface area (Å²) in [6.45, 7) is 0. The first-order chi connectivity index (χ1) is 7.65. The van der Waals surface area contributed by atoms with Gasteiger partial charge in [0, 0.05) is 13.2 Å². The van der Waals surface area contributed by atoms with Crippen LogP contribution in [0.4, 0.5) is 0 Å². The van der Waals surface area contributed by atoms with Gasteiger partial charge in [0.1, 0.15) is 11.3 Å². The van der Waals surface area contributed by atoms with Gasteiger partial charge in [-0.1, -0.05) is 0 Å². The third kappa shape index (κ3) is 2.22. The van der Waals surface area contributed by atoms with E-state index in [0.717, 1.165) is 5.06 Å². The number of aromatic nitrogens is 1. The lowest BCUT2D eigenvalue weighted by Crippen LogP contribution is -2.26. The number of hydrogen-bond donors (Lipinski definition) is 0. The Kier molecular flexibility index (Phi) is 4.07. The van der Waals surface area contributed by atoms with E-state index in [-0.39, 0.29) is 17.4 Å². The molecule has 1 rings (SSSR count). The Morgan fingerprint density at radius 1 is 1.31 bits per heavy atom. The normalized spacial score (nSPS) is 9.75. The second kappa shape index (κ2) is 5.32. The van der Waals surface area contributed by atoms with Crippen LogP contribution in [-0.2, 0) is 4.84 Å². The Morgan fingerprint density at radius 3 is 2.50 bits per heavy atom. The van der Waals surface area contributed by atoms with Gasteiger partial charge in [-0.2, -0.15) is 0 Å². The molecule has 0 fully saturated rings. The zero-order valence-electron chi connectivity index (χ0n) is 9.68. The monoisotopic (exact) mass is 226 g/mol. The second-order valence-corrected chi connectivity index (χ2v) is 2.88. The molecule has 1 aromatic heterocycles. The summed E-state index contributed by atoms with van der Waals surface area (Å²) in [6, 6.07) is 1.58. The molecule has 0 aliphatic carbocycles. The van der Waals surface area contributed by atoms with E-state index in [4.69, 9.17) is 14.3 Å². The molecule has 0 radical (unpaired) electrons. The largest absolute Gasteiger partial charge is 0.496 e. The summed E-state index contributed by atoms with van der Waals surface area (Å²) in [5.41, 5.74) is 0.233. The molecule has 0 spiro atoms. The second-order valence-electron chi connectivity index (χ2n) is 2.88. The van der Waals surface area contributed by atoms with E-state index in [1.807, 2.05) is 0 Å². The van der Waals surface area contributed by atoms with Crippen molar-refractivity contribution in [3.63, 3.8) is 0 Å². The van der Waals surface area contributed by atoms with E-state index in [1.165, 1.54) is 34.6 Å². The summed E-state index contributed by atoms with van der Waals surface area (Å²) < 4.78 is 10.1. The first kappa shape index (κ1) is 12.3. The van der Waals surface area contributed by atoms with Gasteiger partial charge >= 0.3 is 0 Å². The highest BCUT2D eigenvalue weighted by molar-refractivity contribution is 5.98. The van der Waals surface area contributed by atoms with Crippen LogP contribution in [0.2, 0.25) is 0 Å². The molecule has 0 aliphatic heterocycles. The highest BCUT2D eigenvalue weighted by Crippen LogP contribution is 2.26. The van der Waals surface area contributed by atoms with Gasteiger partial charge in [-0.05, 0) is 6.07 Å². The molecule has 0 N–H and O–H groups in total. The fourth-order valence-electron chi connectivity index (χ4n) is 1.19. The van der Waals surface area contributed by atoms with Crippen molar-refractivity contribution in [1.82, 2.24) is 10.0 Å². The van der Waals surface area contributed by atoms with E-state index >= 15 is 0 Å².